The lowest BCUT2D eigenvalue weighted by Crippen LogP contribution is -2.36. The number of hydrazine groups is 1. The van der Waals surface area contributed by atoms with Crippen LogP contribution in [0.5, 0.6) is 11.5 Å². The van der Waals surface area contributed by atoms with Crippen molar-refractivity contribution in [2.75, 3.05) is 27.3 Å². The molecule has 0 spiro atoms. The van der Waals surface area contributed by atoms with E-state index in [1.54, 1.807) is 39.2 Å². The van der Waals surface area contributed by atoms with E-state index in [-0.39, 0.29) is 10.5 Å². The number of sulfonamides is 1. The Labute approximate surface area is 177 Å². The molecule has 0 aliphatic rings. The van der Waals surface area contributed by atoms with Crippen LogP contribution in [-0.2, 0) is 10.0 Å². The Morgan fingerprint density at radius 3 is 2.23 bits per heavy atom. The highest BCUT2D eigenvalue weighted by Crippen LogP contribution is 2.29. The minimum absolute atomic E-state index is 0.0672. The molecule has 0 heterocycles. The number of hydrogen-bond acceptors (Lipinski definition) is 6. The van der Waals surface area contributed by atoms with Crippen LogP contribution >= 0.6 is 0 Å². The van der Waals surface area contributed by atoms with E-state index in [1.165, 1.54) is 35.7 Å². The molecule has 2 rings (SSSR count). The lowest BCUT2D eigenvalue weighted by molar-refractivity contribution is 0.0942. The van der Waals surface area contributed by atoms with Crippen molar-refractivity contribution in [1.82, 2.24) is 15.2 Å². The third-order valence-corrected chi connectivity index (χ3v) is 6.54. The quantitative estimate of drug-likeness (QED) is 0.559. The van der Waals surface area contributed by atoms with Gasteiger partial charge in [-0.3, -0.25) is 15.6 Å². The van der Waals surface area contributed by atoms with Gasteiger partial charge >= 0.3 is 0 Å². The fourth-order valence-corrected chi connectivity index (χ4v) is 4.32. The maximum atomic E-state index is 12.7. The summed E-state index contributed by atoms with van der Waals surface area (Å²) in [6.07, 6.45) is 0. The predicted octanol–water partition coefficient (Wildman–Crippen LogP) is 2.64. The molecule has 162 valence electrons. The summed E-state index contributed by atoms with van der Waals surface area (Å²) in [6.45, 7) is 8.13. The fraction of sp³-hybridized carbons (Fsp3) is 0.286. The molecule has 8 nitrogen and oxygen atoms in total. The van der Waals surface area contributed by atoms with E-state index in [1.807, 2.05) is 0 Å². The van der Waals surface area contributed by atoms with Crippen LogP contribution < -0.4 is 20.3 Å². The minimum atomic E-state index is -3.66. The largest absolute Gasteiger partial charge is 0.493 e. The molecule has 0 saturated carbocycles. The first-order valence-corrected chi connectivity index (χ1v) is 10.8. The zero-order valence-corrected chi connectivity index (χ0v) is 18.4. The molecule has 0 bridgehead atoms. The average Bonchev–Trinajstić information content (AvgIpc) is 2.77. The summed E-state index contributed by atoms with van der Waals surface area (Å²) in [5, 5.41) is 0. The van der Waals surface area contributed by atoms with Crippen LogP contribution in [0.15, 0.2) is 53.9 Å². The number of nitrogens with zero attached hydrogens (tertiary/aromatic N) is 1. The first-order valence-electron chi connectivity index (χ1n) is 9.36. The highest BCUT2D eigenvalue weighted by molar-refractivity contribution is 7.89. The van der Waals surface area contributed by atoms with Gasteiger partial charge < -0.3 is 9.47 Å². The van der Waals surface area contributed by atoms with Crippen LogP contribution in [0.2, 0.25) is 0 Å². The van der Waals surface area contributed by atoms with Crippen molar-refractivity contribution in [2.45, 2.75) is 18.7 Å². The Hall–Kier alpha value is -3.04. The molecule has 9 heteroatoms. The van der Waals surface area contributed by atoms with Gasteiger partial charge in [-0.25, -0.2) is 8.42 Å². The molecule has 1 amide bonds. The molecular weight excluding hydrogens is 406 g/mol. The molecule has 0 unspecified atom stereocenters. The predicted molar refractivity (Wildman–Crippen MR) is 116 cm³/mol. The molecule has 0 atom stereocenters. The van der Waals surface area contributed by atoms with E-state index >= 15 is 0 Å². The molecule has 0 aliphatic heterocycles. The molecule has 2 aromatic carbocycles. The molecule has 30 heavy (non-hydrogen) atoms. The van der Waals surface area contributed by atoms with Crippen LogP contribution in [0.25, 0.3) is 5.70 Å². The van der Waals surface area contributed by atoms with Gasteiger partial charge in [-0.15, -0.1) is 0 Å². The van der Waals surface area contributed by atoms with Gasteiger partial charge in [-0.2, -0.15) is 4.31 Å². The first kappa shape index (κ1) is 23.2. The Kier molecular flexibility index (Phi) is 7.85. The van der Waals surface area contributed by atoms with Gasteiger partial charge in [0, 0.05) is 24.2 Å². The van der Waals surface area contributed by atoms with Gasteiger partial charge in [-0.05, 0) is 36.4 Å². The van der Waals surface area contributed by atoms with Crippen LogP contribution in [0, 0.1) is 0 Å². The Bertz CT molecular complexity index is 1020. The number of carbonyl (C=O) groups excluding carboxylic acids is 1. The second kappa shape index (κ2) is 10.1. The van der Waals surface area contributed by atoms with E-state index in [0.717, 1.165) is 0 Å². The Morgan fingerprint density at radius 1 is 0.967 bits per heavy atom. The molecule has 2 aromatic rings. The van der Waals surface area contributed by atoms with Crippen LogP contribution in [0.1, 0.15) is 29.8 Å². The lowest BCUT2D eigenvalue weighted by Gasteiger charge is -2.19. The maximum Gasteiger partial charge on any atom is 0.269 e. The normalized spacial score (nSPS) is 11.1. The van der Waals surface area contributed by atoms with Crippen LogP contribution in [-0.4, -0.2) is 45.9 Å². The van der Waals surface area contributed by atoms with E-state index in [9.17, 15) is 13.2 Å². The molecule has 0 aliphatic carbocycles. The monoisotopic (exact) mass is 433 g/mol. The number of methoxy groups -OCH3 is 2. The van der Waals surface area contributed by atoms with Gasteiger partial charge in [0.2, 0.25) is 10.0 Å². The number of amides is 1. The topological polar surface area (TPSA) is 97.0 Å². The number of carbonyl (C=O) groups is 1. The summed E-state index contributed by atoms with van der Waals surface area (Å²) >= 11 is 0. The number of ether oxygens (including phenoxy) is 2. The third kappa shape index (κ3) is 5.11. The highest BCUT2D eigenvalue weighted by atomic mass is 32.2. The average molecular weight is 434 g/mol. The van der Waals surface area contributed by atoms with Crippen molar-refractivity contribution < 1.29 is 22.7 Å². The summed E-state index contributed by atoms with van der Waals surface area (Å²) in [4.78, 5) is 12.6. The summed E-state index contributed by atoms with van der Waals surface area (Å²) in [6, 6.07) is 11.1. The fourth-order valence-electron chi connectivity index (χ4n) is 2.81. The first-order chi connectivity index (χ1) is 14.3. The summed E-state index contributed by atoms with van der Waals surface area (Å²) in [5.41, 5.74) is 6.59. The minimum Gasteiger partial charge on any atom is -0.493 e. The van der Waals surface area contributed by atoms with Crippen LogP contribution in [0.3, 0.4) is 0 Å². The Morgan fingerprint density at radius 2 is 1.63 bits per heavy atom. The van der Waals surface area contributed by atoms with E-state index in [4.69, 9.17) is 9.47 Å². The standard InChI is InChI=1S/C21H27N3O5S/c1-6-24(7-2)30(26,27)18-10-8-9-17(13-18)21(25)23-22-15(3)16-11-12-19(28-4)20(14-16)29-5/h8-14,22H,3,6-7H2,1-2,4-5H3,(H,23,25). The summed E-state index contributed by atoms with van der Waals surface area (Å²) in [5.74, 6) is 0.608. The van der Waals surface area contributed by atoms with Crippen molar-refractivity contribution in [3.63, 3.8) is 0 Å². The van der Waals surface area contributed by atoms with E-state index < -0.39 is 15.9 Å². The SMILES string of the molecule is C=C(NNC(=O)c1cccc(S(=O)(=O)N(CC)CC)c1)c1ccc(OC)c(OC)c1. The number of hydrogen-bond donors (Lipinski definition) is 2. The van der Waals surface area contributed by atoms with Gasteiger partial charge in [0.25, 0.3) is 5.91 Å². The van der Waals surface area contributed by atoms with Gasteiger partial charge in [0.05, 0.1) is 24.8 Å². The van der Waals surface area contributed by atoms with Gasteiger partial charge in [0.15, 0.2) is 11.5 Å². The van der Waals surface area contributed by atoms with E-state index in [0.29, 0.717) is 35.8 Å². The third-order valence-electron chi connectivity index (χ3n) is 4.50. The second-order valence-corrected chi connectivity index (χ2v) is 8.18. The maximum absolute atomic E-state index is 12.7. The number of benzene rings is 2. The summed E-state index contributed by atoms with van der Waals surface area (Å²) < 4.78 is 37.1. The smallest absolute Gasteiger partial charge is 0.269 e. The molecule has 0 aromatic heterocycles. The zero-order valence-electron chi connectivity index (χ0n) is 17.6. The number of rotatable bonds is 10. The summed E-state index contributed by atoms with van der Waals surface area (Å²) in [7, 11) is -0.589. The van der Waals surface area contributed by atoms with Gasteiger partial charge in [-0.1, -0.05) is 26.5 Å². The van der Waals surface area contributed by atoms with Gasteiger partial charge in [0.1, 0.15) is 0 Å². The molecular formula is C21H27N3O5S. The lowest BCUT2D eigenvalue weighted by atomic mass is 10.1. The second-order valence-electron chi connectivity index (χ2n) is 6.24. The van der Waals surface area contributed by atoms with Crippen molar-refractivity contribution in [3.8, 4) is 11.5 Å². The molecule has 0 saturated heterocycles. The van der Waals surface area contributed by atoms with Crippen molar-refractivity contribution in [3.05, 3.63) is 60.2 Å². The molecule has 0 radical (unpaired) electrons. The van der Waals surface area contributed by atoms with Crippen LogP contribution in [0.4, 0.5) is 0 Å². The molecule has 2 N–H and O–H groups in total. The van der Waals surface area contributed by atoms with E-state index in [2.05, 4.69) is 17.4 Å². The number of nitrogens with one attached hydrogen (secondary N) is 2. The zero-order chi connectivity index (χ0) is 22.3. The van der Waals surface area contributed by atoms with Crippen molar-refractivity contribution >= 4 is 21.6 Å². The van der Waals surface area contributed by atoms with Crippen molar-refractivity contribution in [1.29, 1.82) is 0 Å². The Balaban J connectivity index is 2.13. The highest BCUT2D eigenvalue weighted by Gasteiger charge is 2.22. The van der Waals surface area contributed by atoms with Crippen molar-refractivity contribution in [2.24, 2.45) is 0 Å². The molecule has 0 fully saturated rings.